The van der Waals surface area contributed by atoms with Crippen molar-refractivity contribution in [3.8, 4) is 0 Å². The van der Waals surface area contributed by atoms with Crippen molar-refractivity contribution in [3.05, 3.63) is 18.2 Å². The smallest absolute Gasteiger partial charge is 0.319 e. The number of guanidine groups is 1. The van der Waals surface area contributed by atoms with Crippen molar-refractivity contribution in [2.75, 3.05) is 12.3 Å². The van der Waals surface area contributed by atoms with Gasteiger partial charge in [-0.25, -0.2) is 9.98 Å². The highest BCUT2D eigenvalue weighted by Crippen LogP contribution is 2.23. The Bertz CT molecular complexity index is 593. The second kappa shape index (κ2) is 9.84. The second-order valence-electron chi connectivity index (χ2n) is 6.02. The van der Waals surface area contributed by atoms with Crippen LogP contribution in [0.1, 0.15) is 51.9 Å². The van der Waals surface area contributed by atoms with Crippen molar-refractivity contribution in [3.63, 3.8) is 0 Å². The van der Waals surface area contributed by atoms with Crippen LogP contribution in [0.15, 0.2) is 17.4 Å². The molecular formula is C16H27F2N5OS. The van der Waals surface area contributed by atoms with Crippen LogP contribution < -0.4 is 10.6 Å². The van der Waals surface area contributed by atoms with Gasteiger partial charge in [-0.05, 0) is 26.2 Å². The molecule has 1 aliphatic carbocycles. The number of nitrogens with zero attached hydrogens (tertiary/aromatic N) is 3. The first-order chi connectivity index (χ1) is 12.0. The van der Waals surface area contributed by atoms with Gasteiger partial charge in [0.1, 0.15) is 12.4 Å². The summed E-state index contributed by atoms with van der Waals surface area (Å²) in [6, 6.07) is 0.196. The summed E-state index contributed by atoms with van der Waals surface area (Å²) in [5.41, 5.74) is 0. The first kappa shape index (κ1) is 19.8. The molecule has 1 heterocycles. The molecule has 142 valence electrons. The Morgan fingerprint density at radius 1 is 1.48 bits per heavy atom. The predicted molar refractivity (Wildman–Crippen MR) is 96.2 cm³/mol. The summed E-state index contributed by atoms with van der Waals surface area (Å²) in [6.07, 6.45) is 6.47. The van der Waals surface area contributed by atoms with E-state index in [-0.39, 0.29) is 23.7 Å². The van der Waals surface area contributed by atoms with E-state index in [0.29, 0.717) is 18.3 Å². The maximum atomic E-state index is 12.9. The minimum absolute atomic E-state index is 0.0731. The van der Waals surface area contributed by atoms with E-state index in [0.717, 1.165) is 30.3 Å². The third-order valence-corrected chi connectivity index (χ3v) is 6.05. The number of imidazole rings is 1. The lowest BCUT2D eigenvalue weighted by atomic mass is 9.95. The van der Waals surface area contributed by atoms with Gasteiger partial charge in [0.2, 0.25) is 0 Å². The fourth-order valence-electron chi connectivity index (χ4n) is 3.06. The van der Waals surface area contributed by atoms with Gasteiger partial charge in [-0.2, -0.15) is 8.78 Å². The molecule has 2 N–H and O–H groups in total. The summed E-state index contributed by atoms with van der Waals surface area (Å²) in [7, 11) is -0.786. The molecule has 0 saturated heterocycles. The zero-order valence-electron chi connectivity index (χ0n) is 14.8. The van der Waals surface area contributed by atoms with Gasteiger partial charge in [0, 0.05) is 46.8 Å². The lowest BCUT2D eigenvalue weighted by molar-refractivity contribution is 0.0671. The molecule has 0 spiro atoms. The molecular weight excluding hydrogens is 348 g/mol. The fourth-order valence-corrected chi connectivity index (χ4v) is 4.41. The van der Waals surface area contributed by atoms with E-state index in [1.807, 2.05) is 13.8 Å². The number of hydrogen-bond acceptors (Lipinski definition) is 3. The van der Waals surface area contributed by atoms with Gasteiger partial charge in [0.25, 0.3) is 0 Å². The van der Waals surface area contributed by atoms with E-state index < -0.39 is 17.3 Å². The molecule has 1 aromatic rings. The Morgan fingerprint density at radius 3 is 2.96 bits per heavy atom. The summed E-state index contributed by atoms with van der Waals surface area (Å²) in [5.74, 6) is 1.49. The number of nitrogens with one attached hydrogen (secondary N) is 2. The molecule has 1 aromatic heterocycles. The zero-order valence-corrected chi connectivity index (χ0v) is 15.6. The van der Waals surface area contributed by atoms with Crippen LogP contribution in [0.3, 0.4) is 0 Å². The summed E-state index contributed by atoms with van der Waals surface area (Å²) in [5, 5.41) is 6.71. The molecule has 1 saturated carbocycles. The molecule has 9 heteroatoms. The van der Waals surface area contributed by atoms with Crippen LogP contribution in [0.25, 0.3) is 0 Å². The Morgan fingerprint density at radius 2 is 2.28 bits per heavy atom. The maximum absolute atomic E-state index is 12.9. The second-order valence-corrected chi connectivity index (χ2v) is 8.03. The van der Waals surface area contributed by atoms with Crippen LogP contribution in [0.5, 0.6) is 0 Å². The van der Waals surface area contributed by atoms with Crippen molar-refractivity contribution in [1.82, 2.24) is 20.2 Å². The number of halogens is 2. The zero-order chi connectivity index (χ0) is 18.2. The number of rotatable bonds is 7. The first-order valence-corrected chi connectivity index (χ1v) is 10.1. The molecule has 0 aliphatic heterocycles. The van der Waals surface area contributed by atoms with E-state index in [1.165, 1.54) is 12.4 Å². The standard InChI is InChI=1S/C16H27F2N5OS/c1-3-19-16(21-11-14-20-8-9-23(14)15(17)18)22-12-6-5-7-13(10-12)25(24)4-2/h8-9,12-13,15H,3-7,10-11H2,1-2H3,(H2,19,21,22). The molecule has 0 radical (unpaired) electrons. The van der Waals surface area contributed by atoms with Crippen LogP contribution in [-0.2, 0) is 17.3 Å². The Hall–Kier alpha value is -1.51. The van der Waals surface area contributed by atoms with Crippen LogP contribution in [-0.4, -0.2) is 43.3 Å². The monoisotopic (exact) mass is 375 g/mol. The molecule has 0 amide bonds. The maximum Gasteiger partial charge on any atom is 0.319 e. The quantitative estimate of drug-likeness (QED) is 0.567. The summed E-state index contributed by atoms with van der Waals surface area (Å²) in [6.45, 7) is 2.03. The highest BCUT2D eigenvalue weighted by Gasteiger charge is 2.26. The average molecular weight is 375 g/mol. The Labute approximate surface area is 150 Å². The molecule has 6 nitrogen and oxygen atoms in total. The molecule has 2 rings (SSSR count). The molecule has 3 unspecified atom stereocenters. The minimum Gasteiger partial charge on any atom is -0.357 e. The minimum atomic E-state index is -2.62. The number of hydrogen-bond donors (Lipinski definition) is 2. The van der Waals surface area contributed by atoms with Crippen LogP contribution >= 0.6 is 0 Å². The average Bonchev–Trinajstić information content (AvgIpc) is 3.08. The van der Waals surface area contributed by atoms with Crippen molar-refractivity contribution >= 4 is 16.8 Å². The summed E-state index contributed by atoms with van der Waals surface area (Å²) >= 11 is 0. The number of alkyl halides is 2. The summed E-state index contributed by atoms with van der Waals surface area (Å²) in [4.78, 5) is 8.33. The van der Waals surface area contributed by atoms with Gasteiger partial charge in [0.05, 0.1) is 0 Å². The van der Waals surface area contributed by atoms with Crippen molar-refractivity contribution in [2.45, 2.75) is 63.9 Å². The molecule has 25 heavy (non-hydrogen) atoms. The van der Waals surface area contributed by atoms with E-state index in [4.69, 9.17) is 0 Å². The SMILES string of the molecule is CCNC(=NCc1nccn1C(F)F)NC1CCCC(S(=O)CC)C1. The van der Waals surface area contributed by atoms with E-state index in [9.17, 15) is 13.0 Å². The molecule has 1 aliphatic rings. The fraction of sp³-hybridized carbons (Fsp3) is 0.750. The van der Waals surface area contributed by atoms with Crippen LogP contribution in [0.2, 0.25) is 0 Å². The highest BCUT2D eigenvalue weighted by molar-refractivity contribution is 7.85. The third kappa shape index (κ3) is 5.76. The molecule has 3 atom stereocenters. The lowest BCUT2D eigenvalue weighted by Crippen LogP contribution is -2.46. The molecule has 0 aromatic carbocycles. The molecule has 0 bridgehead atoms. The van der Waals surface area contributed by atoms with Crippen molar-refractivity contribution in [1.29, 1.82) is 0 Å². The first-order valence-electron chi connectivity index (χ1n) is 8.77. The van der Waals surface area contributed by atoms with Crippen LogP contribution in [0.4, 0.5) is 8.78 Å². The van der Waals surface area contributed by atoms with Crippen molar-refractivity contribution in [2.24, 2.45) is 4.99 Å². The molecule has 1 fully saturated rings. The van der Waals surface area contributed by atoms with Gasteiger partial charge in [-0.3, -0.25) is 8.78 Å². The van der Waals surface area contributed by atoms with Gasteiger partial charge in [0.15, 0.2) is 5.96 Å². The topological polar surface area (TPSA) is 71.3 Å². The van der Waals surface area contributed by atoms with Gasteiger partial charge in [-0.1, -0.05) is 13.3 Å². The third-order valence-electron chi connectivity index (χ3n) is 4.31. The van der Waals surface area contributed by atoms with Gasteiger partial charge < -0.3 is 10.6 Å². The number of aliphatic imine (C=N–C) groups is 1. The lowest BCUT2D eigenvalue weighted by Gasteiger charge is -2.30. The predicted octanol–water partition coefficient (Wildman–Crippen LogP) is 2.41. The van der Waals surface area contributed by atoms with E-state index in [1.54, 1.807) is 0 Å². The largest absolute Gasteiger partial charge is 0.357 e. The van der Waals surface area contributed by atoms with Crippen LogP contribution in [0, 0.1) is 0 Å². The Balaban J connectivity index is 1.99. The van der Waals surface area contributed by atoms with Gasteiger partial charge >= 0.3 is 6.55 Å². The van der Waals surface area contributed by atoms with Gasteiger partial charge in [-0.15, -0.1) is 0 Å². The van der Waals surface area contributed by atoms with Crippen molar-refractivity contribution < 1.29 is 13.0 Å². The number of aromatic nitrogens is 2. The van der Waals surface area contributed by atoms with E-state index >= 15 is 0 Å². The summed E-state index contributed by atoms with van der Waals surface area (Å²) < 4.78 is 38.6. The Kier molecular flexibility index (Phi) is 7.80. The normalized spacial score (nSPS) is 22.8. The highest BCUT2D eigenvalue weighted by atomic mass is 32.2. The van der Waals surface area contributed by atoms with E-state index in [2.05, 4.69) is 20.6 Å².